The summed E-state index contributed by atoms with van der Waals surface area (Å²) in [5.74, 6) is 1.78. The van der Waals surface area contributed by atoms with Gasteiger partial charge in [0.05, 0.1) is 0 Å². The van der Waals surface area contributed by atoms with Crippen LogP contribution in [0.1, 0.15) is 32.1 Å². The Morgan fingerprint density at radius 3 is 2.43 bits per heavy atom. The predicted molar refractivity (Wildman–Crippen MR) is 61.2 cm³/mol. The Bertz CT molecular complexity index is 221. The Morgan fingerprint density at radius 1 is 1.07 bits per heavy atom. The largest absolute Gasteiger partial charge is 0.317 e. The number of rotatable bonds is 2. The van der Waals surface area contributed by atoms with Gasteiger partial charge in [0, 0.05) is 6.04 Å². The second-order valence-corrected chi connectivity index (χ2v) is 4.61. The van der Waals surface area contributed by atoms with Gasteiger partial charge in [-0.2, -0.15) is 0 Å². The normalized spacial score (nSPS) is 37.4. The predicted octanol–water partition coefficient (Wildman–Crippen LogP) is 2.90. The third-order valence-corrected chi connectivity index (χ3v) is 3.80. The van der Waals surface area contributed by atoms with Crippen LogP contribution in [0.15, 0.2) is 24.3 Å². The van der Waals surface area contributed by atoms with Gasteiger partial charge in [-0.3, -0.25) is 0 Å². The summed E-state index contributed by atoms with van der Waals surface area (Å²) in [7, 11) is 2.09. The van der Waals surface area contributed by atoms with Crippen molar-refractivity contribution in [1.82, 2.24) is 5.32 Å². The molecule has 2 rings (SSSR count). The van der Waals surface area contributed by atoms with E-state index in [1.165, 1.54) is 32.1 Å². The van der Waals surface area contributed by atoms with Gasteiger partial charge < -0.3 is 5.32 Å². The van der Waals surface area contributed by atoms with Crippen molar-refractivity contribution in [1.29, 1.82) is 0 Å². The number of allylic oxidation sites excluding steroid dienone is 4. The summed E-state index contributed by atoms with van der Waals surface area (Å²) in [6, 6.07) is 0.786. The van der Waals surface area contributed by atoms with Gasteiger partial charge >= 0.3 is 0 Å². The highest BCUT2D eigenvalue weighted by Crippen LogP contribution is 2.33. The molecule has 0 aromatic carbocycles. The molecule has 1 heteroatoms. The first-order chi connectivity index (χ1) is 6.90. The van der Waals surface area contributed by atoms with Crippen LogP contribution in [0.4, 0.5) is 0 Å². The zero-order chi connectivity index (χ0) is 9.80. The summed E-state index contributed by atoms with van der Waals surface area (Å²) in [6.45, 7) is 0. The zero-order valence-corrected chi connectivity index (χ0v) is 9.08. The number of hydrogen-bond donors (Lipinski definition) is 1. The molecule has 0 bridgehead atoms. The van der Waals surface area contributed by atoms with Crippen LogP contribution in [0.25, 0.3) is 0 Å². The van der Waals surface area contributed by atoms with Gasteiger partial charge in [-0.05, 0) is 51.0 Å². The second-order valence-electron chi connectivity index (χ2n) is 4.61. The topological polar surface area (TPSA) is 12.0 Å². The quantitative estimate of drug-likeness (QED) is 0.707. The van der Waals surface area contributed by atoms with Crippen molar-refractivity contribution in [2.45, 2.75) is 38.1 Å². The summed E-state index contributed by atoms with van der Waals surface area (Å²) < 4.78 is 0. The Hall–Kier alpha value is -0.560. The molecule has 0 aromatic rings. The average molecular weight is 191 g/mol. The van der Waals surface area contributed by atoms with Crippen molar-refractivity contribution in [3.63, 3.8) is 0 Å². The smallest absolute Gasteiger partial charge is 0.00642 e. The third-order valence-electron chi connectivity index (χ3n) is 3.80. The van der Waals surface area contributed by atoms with E-state index in [0.29, 0.717) is 0 Å². The molecular formula is C13H21N. The minimum Gasteiger partial charge on any atom is -0.317 e. The first-order valence-corrected chi connectivity index (χ1v) is 5.90. The van der Waals surface area contributed by atoms with E-state index >= 15 is 0 Å². The van der Waals surface area contributed by atoms with E-state index in [4.69, 9.17) is 0 Å². The van der Waals surface area contributed by atoms with Crippen LogP contribution in [0.5, 0.6) is 0 Å². The highest BCUT2D eigenvalue weighted by atomic mass is 14.9. The Kier molecular flexibility index (Phi) is 3.41. The van der Waals surface area contributed by atoms with E-state index in [-0.39, 0.29) is 0 Å². The summed E-state index contributed by atoms with van der Waals surface area (Å²) in [5.41, 5.74) is 0. The van der Waals surface area contributed by atoms with E-state index in [1.54, 1.807) is 0 Å². The lowest BCUT2D eigenvalue weighted by Gasteiger charge is -2.32. The molecule has 0 radical (unpaired) electrons. The minimum atomic E-state index is 0.786. The van der Waals surface area contributed by atoms with E-state index < -0.39 is 0 Å². The van der Waals surface area contributed by atoms with Gasteiger partial charge in [0.25, 0.3) is 0 Å². The highest BCUT2D eigenvalue weighted by Gasteiger charge is 2.25. The highest BCUT2D eigenvalue weighted by molar-refractivity contribution is 5.12. The summed E-state index contributed by atoms with van der Waals surface area (Å²) in [4.78, 5) is 0. The molecule has 78 valence electrons. The van der Waals surface area contributed by atoms with E-state index in [0.717, 1.165) is 17.9 Å². The average Bonchev–Trinajstić information content (AvgIpc) is 2.30. The molecule has 0 aliphatic heterocycles. The van der Waals surface area contributed by atoms with Gasteiger partial charge in [0.1, 0.15) is 0 Å². The molecule has 0 heterocycles. The van der Waals surface area contributed by atoms with Crippen LogP contribution in [0, 0.1) is 11.8 Å². The maximum absolute atomic E-state index is 3.40. The van der Waals surface area contributed by atoms with Crippen LogP contribution in [0.3, 0.4) is 0 Å². The molecule has 1 fully saturated rings. The fraction of sp³-hybridized carbons (Fsp3) is 0.692. The van der Waals surface area contributed by atoms with Crippen LogP contribution in [-0.4, -0.2) is 13.1 Å². The molecule has 2 aliphatic rings. The molecule has 2 aliphatic carbocycles. The van der Waals surface area contributed by atoms with Gasteiger partial charge in [0.2, 0.25) is 0 Å². The molecule has 0 unspecified atom stereocenters. The maximum atomic E-state index is 3.40. The third kappa shape index (κ3) is 2.27. The van der Waals surface area contributed by atoms with E-state index in [9.17, 15) is 0 Å². The van der Waals surface area contributed by atoms with Crippen LogP contribution >= 0.6 is 0 Å². The van der Waals surface area contributed by atoms with Gasteiger partial charge in [-0.15, -0.1) is 0 Å². The fourth-order valence-electron chi connectivity index (χ4n) is 2.79. The van der Waals surface area contributed by atoms with Crippen molar-refractivity contribution in [2.24, 2.45) is 11.8 Å². The molecular weight excluding hydrogens is 170 g/mol. The van der Waals surface area contributed by atoms with Crippen molar-refractivity contribution in [2.75, 3.05) is 7.05 Å². The molecule has 0 aromatic heterocycles. The molecule has 0 spiro atoms. The molecule has 0 saturated heterocycles. The molecule has 0 amide bonds. The van der Waals surface area contributed by atoms with Crippen molar-refractivity contribution >= 4 is 0 Å². The van der Waals surface area contributed by atoms with Crippen LogP contribution < -0.4 is 5.32 Å². The SMILES string of the molecule is CNC1CCC([C@@H]2C=CC=CC2)CC1. The first-order valence-electron chi connectivity index (χ1n) is 5.90. The summed E-state index contributed by atoms with van der Waals surface area (Å²) in [5, 5.41) is 3.40. The van der Waals surface area contributed by atoms with Crippen molar-refractivity contribution in [3.8, 4) is 0 Å². The summed E-state index contributed by atoms with van der Waals surface area (Å²) in [6.07, 6.45) is 16.0. The first kappa shape index (κ1) is 9.97. The Labute approximate surface area is 87.3 Å². The van der Waals surface area contributed by atoms with Gasteiger partial charge in [-0.25, -0.2) is 0 Å². The molecule has 1 saturated carbocycles. The number of hydrogen-bond acceptors (Lipinski definition) is 1. The number of nitrogens with one attached hydrogen (secondary N) is 1. The van der Waals surface area contributed by atoms with E-state index in [2.05, 4.69) is 36.7 Å². The standard InChI is InChI=1S/C13H21N/c1-14-13-9-7-12(8-10-13)11-5-3-2-4-6-11/h2-5,11-14H,6-10H2,1H3/t11-,12?,13?/m1/s1. The molecule has 14 heavy (non-hydrogen) atoms. The van der Waals surface area contributed by atoms with E-state index in [1.807, 2.05) is 0 Å². The van der Waals surface area contributed by atoms with Crippen molar-refractivity contribution in [3.05, 3.63) is 24.3 Å². The minimum absolute atomic E-state index is 0.786. The zero-order valence-electron chi connectivity index (χ0n) is 9.08. The second kappa shape index (κ2) is 4.79. The Balaban J connectivity index is 1.83. The molecule has 1 N–H and O–H groups in total. The summed E-state index contributed by atoms with van der Waals surface area (Å²) >= 11 is 0. The molecule has 1 atom stereocenters. The molecule has 1 nitrogen and oxygen atoms in total. The van der Waals surface area contributed by atoms with Gasteiger partial charge in [-0.1, -0.05) is 24.3 Å². The lowest BCUT2D eigenvalue weighted by Crippen LogP contribution is -2.32. The lowest BCUT2D eigenvalue weighted by atomic mass is 9.76. The van der Waals surface area contributed by atoms with Gasteiger partial charge in [0.15, 0.2) is 0 Å². The maximum Gasteiger partial charge on any atom is 0.00642 e. The fourth-order valence-corrected chi connectivity index (χ4v) is 2.79. The Morgan fingerprint density at radius 2 is 1.86 bits per heavy atom. The lowest BCUT2D eigenvalue weighted by molar-refractivity contribution is 0.250. The van der Waals surface area contributed by atoms with Crippen LogP contribution in [-0.2, 0) is 0 Å². The van der Waals surface area contributed by atoms with Crippen LogP contribution in [0.2, 0.25) is 0 Å². The monoisotopic (exact) mass is 191 g/mol. The van der Waals surface area contributed by atoms with Crippen molar-refractivity contribution < 1.29 is 0 Å².